The molecule has 2 heterocycles. The molecule has 0 radical (unpaired) electrons. The van der Waals surface area contributed by atoms with E-state index in [1.807, 2.05) is 0 Å². The van der Waals surface area contributed by atoms with Crippen LogP contribution in [0.2, 0.25) is 4.34 Å². The standard InChI is InChI=1S/C23H18ClFN4O4S/c1-26-18-11-17-14(10-15(18)25)22(32)29(23(33)28-17)13-4-2-12(3-5-13)21(31)27-16(8-9-30)19-6-7-20(24)34-19/h2-7,9-11,16,26H,8H2,1H3,(H,27,31)(H,28,33). The molecule has 2 aromatic heterocycles. The lowest BCUT2D eigenvalue weighted by atomic mass is 10.1. The number of halogens is 2. The van der Waals surface area contributed by atoms with Crippen molar-refractivity contribution in [3.63, 3.8) is 0 Å². The Morgan fingerprint density at radius 3 is 2.56 bits per heavy atom. The monoisotopic (exact) mass is 500 g/mol. The molecule has 0 bridgehead atoms. The molecule has 1 atom stereocenters. The van der Waals surface area contributed by atoms with Crippen molar-refractivity contribution in [3.8, 4) is 5.69 Å². The number of hydrogen-bond acceptors (Lipinski definition) is 6. The number of nitrogens with one attached hydrogen (secondary N) is 3. The molecular formula is C23H18ClFN4O4S. The number of nitrogens with zero attached hydrogens (tertiary/aromatic N) is 1. The summed E-state index contributed by atoms with van der Waals surface area (Å²) in [5.74, 6) is -1.07. The van der Waals surface area contributed by atoms with Crippen LogP contribution in [0.25, 0.3) is 16.6 Å². The predicted molar refractivity (Wildman–Crippen MR) is 130 cm³/mol. The maximum atomic E-state index is 14.2. The van der Waals surface area contributed by atoms with Crippen LogP contribution < -0.4 is 21.9 Å². The van der Waals surface area contributed by atoms with Gasteiger partial charge in [0.2, 0.25) is 0 Å². The molecule has 0 saturated carbocycles. The fourth-order valence-electron chi connectivity index (χ4n) is 3.52. The lowest BCUT2D eigenvalue weighted by molar-refractivity contribution is -0.108. The van der Waals surface area contributed by atoms with Gasteiger partial charge >= 0.3 is 5.69 Å². The van der Waals surface area contributed by atoms with E-state index in [0.29, 0.717) is 10.6 Å². The van der Waals surface area contributed by atoms with Gasteiger partial charge in [-0.25, -0.2) is 13.8 Å². The van der Waals surface area contributed by atoms with E-state index in [4.69, 9.17) is 11.6 Å². The van der Waals surface area contributed by atoms with Gasteiger partial charge in [-0.1, -0.05) is 11.6 Å². The SMILES string of the molecule is CNc1cc2[nH]c(=O)n(-c3ccc(C(=O)NC(CC=O)c4ccc(Cl)s4)cc3)c(=O)c2cc1F. The summed E-state index contributed by atoms with van der Waals surface area (Å²) >= 11 is 7.22. The van der Waals surface area contributed by atoms with Gasteiger partial charge in [0, 0.05) is 23.9 Å². The van der Waals surface area contributed by atoms with Crippen molar-refractivity contribution >= 4 is 51.7 Å². The Morgan fingerprint density at radius 1 is 1.21 bits per heavy atom. The molecule has 0 saturated heterocycles. The molecule has 2 aromatic carbocycles. The van der Waals surface area contributed by atoms with Crippen LogP contribution in [0.1, 0.15) is 27.7 Å². The average molecular weight is 501 g/mol. The molecule has 34 heavy (non-hydrogen) atoms. The Labute approximate surface area is 201 Å². The summed E-state index contributed by atoms with van der Waals surface area (Å²) in [6.45, 7) is 0. The van der Waals surface area contributed by atoms with E-state index in [-0.39, 0.29) is 34.3 Å². The van der Waals surface area contributed by atoms with Gasteiger partial charge < -0.3 is 20.4 Å². The number of benzene rings is 2. The second kappa shape index (κ2) is 9.62. The van der Waals surface area contributed by atoms with Crippen LogP contribution in [0.5, 0.6) is 0 Å². The van der Waals surface area contributed by atoms with E-state index in [0.717, 1.165) is 15.5 Å². The van der Waals surface area contributed by atoms with Crippen molar-refractivity contribution in [2.75, 3.05) is 12.4 Å². The van der Waals surface area contributed by atoms with Crippen molar-refractivity contribution in [1.82, 2.24) is 14.9 Å². The largest absolute Gasteiger partial charge is 0.386 e. The first-order valence-corrected chi connectivity index (χ1v) is 11.3. The third-order valence-electron chi connectivity index (χ3n) is 5.22. The Bertz CT molecular complexity index is 1510. The first-order valence-electron chi connectivity index (χ1n) is 10.1. The number of rotatable bonds is 7. The summed E-state index contributed by atoms with van der Waals surface area (Å²) in [6, 6.07) is 11.1. The van der Waals surface area contributed by atoms with E-state index in [9.17, 15) is 23.6 Å². The van der Waals surface area contributed by atoms with E-state index in [1.165, 1.54) is 48.7 Å². The molecule has 8 nitrogen and oxygen atoms in total. The molecule has 0 aliphatic rings. The van der Waals surface area contributed by atoms with Gasteiger partial charge in [-0.2, -0.15) is 0 Å². The number of hydrogen-bond donors (Lipinski definition) is 3. The quantitative estimate of drug-likeness (QED) is 0.335. The minimum absolute atomic E-state index is 0.00392. The Morgan fingerprint density at radius 2 is 1.94 bits per heavy atom. The molecule has 0 fully saturated rings. The van der Waals surface area contributed by atoms with Gasteiger partial charge in [0.1, 0.15) is 12.1 Å². The van der Waals surface area contributed by atoms with E-state index in [1.54, 1.807) is 12.1 Å². The van der Waals surface area contributed by atoms with Crippen molar-refractivity contribution in [3.05, 3.63) is 90.0 Å². The third kappa shape index (κ3) is 4.50. The Hall–Kier alpha value is -3.76. The predicted octanol–water partition coefficient (Wildman–Crippen LogP) is 3.63. The van der Waals surface area contributed by atoms with Crippen LogP contribution in [0, 0.1) is 5.82 Å². The zero-order chi connectivity index (χ0) is 24.4. The van der Waals surface area contributed by atoms with Gasteiger partial charge in [-0.3, -0.25) is 9.59 Å². The molecule has 4 rings (SSSR count). The minimum atomic E-state index is -0.705. The van der Waals surface area contributed by atoms with Gasteiger partial charge in [-0.05, 0) is 48.5 Å². The maximum Gasteiger partial charge on any atom is 0.333 e. The van der Waals surface area contributed by atoms with Crippen molar-refractivity contribution in [2.45, 2.75) is 12.5 Å². The number of thiophene rings is 1. The first-order chi connectivity index (χ1) is 16.3. The van der Waals surface area contributed by atoms with Crippen molar-refractivity contribution in [2.24, 2.45) is 0 Å². The van der Waals surface area contributed by atoms with Crippen LogP contribution in [0.15, 0.2) is 58.1 Å². The van der Waals surface area contributed by atoms with Crippen molar-refractivity contribution in [1.29, 1.82) is 0 Å². The first kappa shape index (κ1) is 23.4. The highest BCUT2D eigenvalue weighted by Crippen LogP contribution is 2.28. The maximum absolute atomic E-state index is 14.2. The van der Waals surface area contributed by atoms with Gasteiger partial charge in [0.05, 0.1) is 32.7 Å². The number of carbonyl (C=O) groups is 2. The lowest BCUT2D eigenvalue weighted by Gasteiger charge is -2.15. The molecule has 4 aromatic rings. The molecule has 0 aliphatic heterocycles. The number of aromatic amines is 1. The number of carbonyl (C=O) groups excluding carboxylic acids is 2. The highest BCUT2D eigenvalue weighted by molar-refractivity contribution is 7.16. The van der Waals surface area contributed by atoms with Crippen LogP contribution in [0.3, 0.4) is 0 Å². The second-order valence-electron chi connectivity index (χ2n) is 7.32. The molecule has 0 spiro atoms. The minimum Gasteiger partial charge on any atom is -0.386 e. The van der Waals surface area contributed by atoms with E-state index < -0.39 is 29.0 Å². The smallest absolute Gasteiger partial charge is 0.333 e. The summed E-state index contributed by atoms with van der Waals surface area (Å²) < 4.78 is 15.6. The summed E-state index contributed by atoms with van der Waals surface area (Å²) in [5.41, 5.74) is -0.590. The van der Waals surface area contributed by atoms with Gasteiger partial charge in [-0.15, -0.1) is 11.3 Å². The number of H-pyrrole nitrogens is 1. The molecule has 174 valence electrons. The van der Waals surface area contributed by atoms with Crippen LogP contribution in [-0.2, 0) is 4.79 Å². The Balaban J connectivity index is 1.64. The number of fused-ring (bicyclic) bond motifs is 1. The third-order valence-corrected chi connectivity index (χ3v) is 6.56. The van der Waals surface area contributed by atoms with Gasteiger partial charge in [0.15, 0.2) is 0 Å². The fourth-order valence-corrected chi connectivity index (χ4v) is 4.65. The van der Waals surface area contributed by atoms with Crippen LogP contribution in [-0.4, -0.2) is 28.8 Å². The van der Waals surface area contributed by atoms with Gasteiger partial charge in [0.25, 0.3) is 11.5 Å². The molecule has 0 aliphatic carbocycles. The topological polar surface area (TPSA) is 113 Å². The van der Waals surface area contributed by atoms with Crippen LogP contribution >= 0.6 is 22.9 Å². The normalized spacial score (nSPS) is 11.9. The lowest BCUT2D eigenvalue weighted by Crippen LogP contribution is -2.33. The molecule has 1 amide bonds. The summed E-state index contributed by atoms with van der Waals surface area (Å²) in [7, 11) is 1.53. The molecule has 1 unspecified atom stereocenters. The zero-order valence-corrected chi connectivity index (χ0v) is 19.3. The number of amides is 1. The Kier molecular flexibility index (Phi) is 6.62. The second-order valence-corrected chi connectivity index (χ2v) is 9.06. The average Bonchev–Trinajstić information content (AvgIpc) is 3.25. The molecule has 3 N–H and O–H groups in total. The highest BCUT2D eigenvalue weighted by atomic mass is 35.5. The molecular weight excluding hydrogens is 483 g/mol. The summed E-state index contributed by atoms with van der Waals surface area (Å²) in [5, 5.41) is 5.44. The number of anilines is 1. The highest BCUT2D eigenvalue weighted by Gasteiger charge is 2.18. The van der Waals surface area contributed by atoms with Crippen molar-refractivity contribution < 1.29 is 14.0 Å². The number of aldehydes is 1. The number of aromatic nitrogens is 2. The van der Waals surface area contributed by atoms with E-state index in [2.05, 4.69) is 15.6 Å². The van der Waals surface area contributed by atoms with Crippen LogP contribution in [0.4, 0.5) is 10.1 Å². The zero-order valence-electron chi connectivity index (χ0n) is 17.7. The fraction of sp³-hybridized carbons (Fsp3) is 0.130. The molecule has 11 heteroatoms. The summed E-state index contributed by atoms with van der Waals surface area (Å²) in [6.07, 6.45) is 0.788. The van der Waals surface area contributed by atoms with E-state index >= 15 is 0 Å². The summed E-state index contributed by atoms with van der Waals surface area (Å²) in [4.78, 5) is 52.6.